The van der Waals surface area contributed by atoms with Crippen molar-refractivity contribution in [2.75, 3.05) is 13.7 Å². The number of hydrogen-bond acceptors (Lipinski definition) is 5. The maximum absolute atomic E-state index is 12.1. The van der Waals surface area contributed by atoms with E-state index in [2.05, 4.69) is 4.98 Å². The van der Waals surface area contributed by atoms with Crippen molar-refractivity contribution in [1.82, 2.24) is 9.55 Å². The van der Waals surface area contributed by atoms with E-state index in [1.807, 2.05) is 31.2 Å². The van der Waals surface area contributed by atoms with Crippen LogP contribution in [0.4, 0.5) is 0 Å². The summed E-state index contributed by atoms with van der Waals surface area (Å²) >= 11 is 0. The smallest absolute Gasteiger partial charge is 0.326 e. The van der Waals surface area contributed by atoms with Gasteiger partial charge in [0, 0.05) is 5.56 Å². The van der Waals surface area contributed by atoms with Gasteiger partial charge in [0.25, 0.3) is 0 Å². The first-order valence-electron chi connectivity index (χ1n) is 7.83. The summed E-state index contributed by atoms with van der Waals surface area (Å²) in [6.45, 7) is 1.55. The Balaban J connectivity index is 1.62. The monoisotopic (exact) mass is 338 g/mol. The Morgan fingerprint density at radius 1 is 1.08 bits per heavy atom. The summed E-state index contributed by atoms with van der Waals surface area (Å²) in [6.07, 6.45) is 0. The zero-order chi connectivity index (χ0) is 17.8. The first-order chi connectivity index (χ1) is 12.1. The van der Waals surface area contributed by atoms with Gasteiger partial charge in [0.15, 0.2) is 12.4 Å². The van der Waals surface area contributed by atoms with E-state index in [0.717, 1.165) is 16.9 Å². The fourth-order valence-corrected chi connectivity index (χ4v) is 2.58. The number of aryl methyl sites for hydroxylation is 1. The summed E-state index contributed by atoms with van der Waals surface area (Å²) < 4.78 is 11.9. The van der Waals surface area contributed by atoms with E-state index < -0.39 is 5.97 Å². The van der Waals surface area contributed by atoms with Crippen molar-refractivity contribution in [2.24, 2.45) is 0 Å². The number of rotatable bonds is 6. The van der Waals surface area contributed by atoms with Gasteiger partial charge in [-0.1, -0.05) is 12.1 Å². The van der Waals surface area contributed by atoms with E-state index in [9.17, 15) is 9.59 Å². The summed E-state index contributed by atoms with van der Waals surface area (Å²) in [5.74, 6) is 0.645. The third-order valence-corrected chi connectivity index (χ3v) is 3.91. The molecule has 0 radical (unpaired) electrons. The van der Waals surface area contributed by atoms with E-state index in [1.54, 1.807) is 35.9 Å². The molecule has 0 fully saturated rings. The third kappa shape index (κ3) is 3.68. The van der Waals surface area contributed by atoms with Crippen molar-refractivity contribution in [1.29, 1.82) is 0 Å². The lowest BCUT2D eigenvalue weighted by molar-refractivity contribution is -0.143. The molecule has 0 spiro atoms. The molecule has 0 saturated carbocycles. The zero-order valence-electron chi connectivity index (χ0n) is 14.1. The zero-order valence-corrected chi connectivity index (χ0v) is 14.1. The molecular weight excluding hydrogens is 320 g/mol. The first kappa shape index (κ1) is 16.7. The van der Waals surface area contributed by atoms with Crippen molar-refractivity contribution < 1.29 is 19.1 Å². The molecule has 3 rings (SSSR count). The molecule has 0 N–H and O–H groups in total. The highest BCUT2D eigenvalue weighted by atomic mass is 16.5. The number of Topliss-reactive ketones (excluding diaryl/α,β-unsaturated/α-hetero) is 1. The van der Waals surface area contributed by atoms with Gasteiger partial charge in [-0.05, 0) is 43.3 Å². The highest BCUT2D eigenvalue weighted by Crippen LogP contribution is 2.15. The topological polar surface area (TPSA) is 70.4 Å². The van der Waals surface area contributed by atoms with E-state index in [4.69, 9.17) is 9.47 Å². The summed E-state index contributed by atoms with van der Waals surface area (Å²) in [6, 6.07) is 14.2. The number of ketones is 1. The van der Waals surface area contributed by atoms with Crippen LogP contribution in [0.15, 0.2) is 48.5 Å². The highest BCUT2D eigenvalue weighted by Gasteiger charge is 2.14. The standard InChI is InChI=1S/C19H18N2O4/c1-13-20-16-5-3-4-6-17(16)21(13)11-19(23)25-12-18(22)14-7-9-15(24-2)10-8-14/h3-10H,11-12H2,1-2H3. The van der Waals surface area contributed by atoms with Gasteiger partial charge in [0.2, 0.25) is 0 Å². The van der Waals surface area contributed by atoms with Crippen LogP contribution in [0.3, 0.4) is 0 Å². The van der Waals surface area contributed by atoms with Crippen LogP contribution in [0, 0.1) is 6.92 Å². The molecule has 6 nitrogen and oxygen atoms in total. The van der Waals surface area contributed by atoms with Crippen molar-refractivity contribution in [3.8, 4) is 5.75 Å². The summed E-state index contributed by atoms with van der Waals surface area (Å²) in [5, 5.41) is 0. The van der Waals surface area contributed by atoms with E-state index in [-0.39, 0.29) is 18.9 Å². The molecular formula is C19H18N2O4. The minimum Gasteiger partial charge on any atom is -0.497 e. The number of para-hydroxylation sites is 2. The largest absolute Gasteiger partial charge is 0.497 e. The van der Waals surface area contributed by atoms with Crippen molar-refractivity contribution >= 4 is 22.8 Å². The van der Waals surface area contributed by atoms with Crippen LogP contribution >= 0.6 is 0 Å². The maximum Gasteiger partial charge on any atom is 0.326 e. The van der Waals surface area contributed by atoms with Crippen LogP contribution < -0.4 is 4.74 Å². The van der Waals surface area contributed by atoms with Crippen LogP contribution in [-0.2, 0) is 16.1 Å². The second kappa shape index (κ2) is 7.17. The van der Waals surface area contributed by atoms with Gasteiger partial charge in [0.05, 0.1) is 18.1 Å². The number of imidazole rings is 1. The lowest BCUT2D eigenvalue weighted by Gasteiger charge is -2.08. The Kier molecular flexibility index (Phi) is 4.79. The fraction of sp³-hybridized carbons (Fsp3) is 0.211. The second-order valence-electron chi connectivity index (χ2n) is 5.55. The van der Waals surface area contributed by atoms with Gasteiger partial charge < -0.3 is 14.0 Å². The van der Waals surface area contributed by atoms with Crippen molar-refractivity contribution in [2.45, 2.75) is 13.5 Å². The van der Waals surface area contributed by atoms with Gasteiger partial charge in [-0.2, -0.15) is 0 Å². The quantitative estimate of drug-likeness (QED) is 0.510. The van der Waals surface area contributed by atoms with Gasteiger partial charge in [-0.25, -0.2) is 4.98 Å². The highest BCUT2D eigenvalue weighted by molar-refractivity contribution is 5.98. The number of hydrogen-bond donors (Lipinski definition) is 0. The Morgan fingerprint density at radius 3 is 2.52 bits per heavy atom. The lowest BCUT2D eigenvalue weighted by Crippen LogP contribution is -2.19. The molecule has 2 aromatic carbocycles. The van der Waals surface area contributed by atoms with Gasteiger partial charge >= 0.3 is 5.97 Å². The number of aromatic nitrogens is 2. The molecule has 0 aliphatic rings. The molecule has 6 heteroatoms. The van der Waals surface area contributed by atoms with Crippen molar-refractivity contribution in [3.05, 3.63) is 59.9 Å². The second-order valence-corrected chi connectivity index (χ2v) is 5.55. The van der Waals surface area contributed by atoms with Gasteiger partial charge in [-0.15, -0.1) is 0 Å². The molecule has 0 amide bonds. The number of ether oxygens (including phenoxy) is 2. The molecule has 128 valence electrons. The predicted molar refractivity (Wildman–Crippen MR) is 92.8 cm³/mol. The van der Waals surface area contributed by atoms with Crippen molar-refractivity contribution in [3.63, 3.8) is 0 Å². The normalized spacial score (nSPS) is 10.6. The van der Waals surface area contributed by atoms with E-state index in [0.29, 0.717) is 11.3 Å². The summed E-state index contributed by atoms with van der Waals surface area (Å²) in [7, 11) is 1.56. The average Bonchev–Trinajstić information content (AvgIpc) is 2.95. The molecule has 1 heterocycles. The number of carbonyl (C=O) groups is 2. The molecule has 0 bridgehead atoms. The van der Waals surface area contributed by atoms with Crippen LogP contribution in [-0.4, -0.2) is 35.0 Å². The fourth-order valence-electron chi connectivity index (χ4n) is 2.58. The molecule has 0 aliphatic carbocycles. The summed E-state index contributed by atoms with van der Waals surface area (Å²) in [5.41, 5.74) is 2.15. The average molecular weight is 338 g/mol. The molecule has 0 atom stereocenters. The molecule has 0 unspecified atom stereocenters. The van der Waals surface area contributed by atoms with E-state index in [1.165, 1.54) is 0 Å². The van der Waals surface area contributed by atoms with Crippen LogP contribution in [0.25, 0.3) is 11.0 Å². The van der Waals surface area contributed by atoms with Crippen LogP contribution in [0.5, 0.6) is 5.75 Å². The Labute approximate surface area is 145 Å². The molecule has 3 aromatic rings. The van der Waals surface area contributed by atoms with Crippen LogP contribution in [0.1, 0.15) is 16.2 Å². The number of nitrogens with zero attached hydrogens (tertiary/aromatic N) is 2. The third-order valence-electron chi connectivity index (χ3n) is 3.91. The van der Waals surface area contributed by atoms with Crippen LogP contribution in [0.2, 0.25) is 0 Å². The van der Waals surface area contributed by atoms with Gasteiger partial charge in [-0.3, -0.25) is 9.59 Å². The number of carbonyl (C=O) groups excluding carboxylic acids is 2. The minimum atomic E-state index is -0.479. The lowest BCUT2D eigenvalue weighted by atomic mass is 10.1. The Morgan fingerprint density at radius 2 is 1.80 bits per heavy atom. The minimum absolute atomic E-state index is 0.0161. The molecule has 25 heavy (non-hydrogen) atoms. The number of benzene rings is 2. The van der Waals surface area contributed by atoms with Gasteiger partial charge in [0.1, 0.15) is 18.1 Å². The number of methoxy groups -OCH3 is 1. The molecule has 0 aliphatic heterocycles. The SMILES string of the molecule is COc1ccc(C(=O)COC(=O)Cn2c(C)nc3ccccc32)cc1. The predicted octanol–water partition coefficient (Wildman–Crippen LogP) is 2.78. The maximum atomic E-state index is 12.1. The summed E-state index contributed by atoms with van der Waals surface area (Å²) in [4.78, 5) is 28.6. The first-order valence-corrected chi connectivity index (χ1v) is 7.83. The Bertz CT molecular complexity index is 913. The number of fused-ring (bicyclic) bond motifs is 1. The van der Waals surface area contributed by atoms with E-state index >= 15 is 0 Å². The Hall–Kier alpha value is -3.15. The number of esters is 1. The molecule has 1 aromatic heterocycles. The molecule has 0 saturated heterocycles.